The quantitative estimate of drug-likeness (QED) is 0.854. The molecule has 0 amide bonds. The molecule has 1 unspecified atom stereocenters. The predicted octanol–water partition coefficient (Wildman–Crippen LogP) is 2.98. The van der Waals surface area contributed by atoms with E-state index in [1.54, 1.807) is 22.7 Å². The van der Waals surface area contributed by atoms with Crippen LogP contribution in [0.1, 0.15) is 28.8 Å². The number of hydrogen-bond donors (Lipinski definition) is 0. The predicted molar refractivity (Wildman–Crippen MR) is 71.5 cm³/mol. The first-order valence-electron chi connectivity index (χ1n) is 5.92. The molecule has 3 nitrogen and oxygen atoms in total. The highest BCUT2D eigenvalue weighted by Gasteiger charge is 2.23. The molecule has 3 heterocycles. The summed E-state index contributed by atoms with van der Waals surface area (Å²) in [5.74, 6) is 0.628. The van der Waals surface area contributed by atoms with Crippen molar-refractivity contribution in [2.45, 2.75) is 25.3 Å². The van der Waals surface area contributed by atoms with Gasteiger partial charge in [0.25, 0.3) is 0 Å². The zero-order chi connectivity index (χ0) is 11.5. The van der Waals surface area contributed by atoms with Crippen LogP contribution < -0.4 is 0 Å². The maximum Gasteiger partial charge on any atom is 0.107 e. The van der Waals surface area contributed by atoms with E-state index in [0.29, 0.717) is 5.92 Å². The van der Waals surface area contributed by atoms with Gasteiger partial charge in [0.05, 0.1) is 11.6 Å². The van der Waals surface area contributed by atoms with Crippen molar-refractivity contribution in [1.29, 1.82) is 0 Å². The fraction of sp³-hybridized carbons (Fsp3) is 0.500. The molecule has 0 aliphatic carbocycles. The molecular formula is C12H15N3S2. The van der Waals surface area contributed by atoms with Crippen molar-refractivity contribution in [1.82, 2.24) is 14.9 Å². The van der Waals surface area contributed by atoms with Crippen molar-refractivity contribution in [3.05, 3.63) is 33.2 Å². The first-order valence-corrected chi connectivity index (χ1v) is 7.68. The van der Waals surface area contributed by atoms with Gasteiger partial charge < -0.3 is 0 Å². The lowest BCUT2D eigenvalue weighted by Gasteiger charge is -2.31. The van der Waals surface area contributed by atoms with Crippen molar-refractivity contribution in [3.8, 4) is 0 Å². The van der Waals surface area contributed by atoms with Crippen LogP contribution in [-0.4, -0.2) is 28.0 Å². The third-order valence-electron chi connectivity index (χ3n) is 3.15. The first-order chi connectivity index (χ1) is 8.42. The number of likely N-dealkylation sites (tertiary alicyclic amines) is 1. The fourth-order valence-electron chi connectivity index (χ4n) is 2.36. The van der Waals surface area contributed by atoms with Gasteiger partial charge >= 0.3 is 0 Å². The molecule has 0 aromatic carbocycles. The Morgan fingerprint density at radius 3 is 2.88 bits per heavy atom. The lowest BCUT2D eigenvalue weighted by molar-refractivity contribution is 0.200. The summed E-state index contributed by atoms with van der Waals surface area (Å²) in [6.45, 7) is 3.33. The van der Waals surface area contributed by atoms with E-state index in [1.807, 2.05) is 12.4 Å². The third-order valence-corrected chi connectivity index (χ3v) is 4.85. The maximum atomic E-state index is 4.45. The minimum absolute atomic E-state index is 0.628. The van der Waals surface area contributed by atoms with Crippen LogP contribution in [0.4, 0.5) is 0 Å². The molecule has 1 aliphatic heterocycles. The zero-order valence-electron chi connectivity index (χ0n) is 9.58. The largest absolute Gasteiger partial charge is 0.296 e. The van der Waals surface area contributed by atoms with Gasteiger partial charge in [-0.15, -0.1) is 22.7 Å². The van der Waals surface area contributed by atoms with E-state index in [0.717, 1.165) is 13.1 Å². The van der Waals surface area contributed by atoms with Gasteiger partial charge in [0.15, 0.2) is 0 Å². The lowest BCUT2D eigenvalue weighted by Crippen LogP contribution is -2.33. The Balaban J connectivity index is 1.64. The van der Waals surface area contributed by atoms with E-state index < -0.39 is 0 Å². The Bertz CT molecular complexity index is 438. The molecule has 3 rings (SSSR count). The molecule has 1 saturated heterocycles. The zero-order valence-corrected chi connectivity index (χ0v) is 11.2. The summed E-state index contributed by atoms with van der Waals surface area (Å²) in [6, 6.07) is 0. The van der Waals surface area contributed by atoms with Crippen LogP contribution in [0.5, 0.6) is 0 Å². The average molecular weight is 265 g/mol. The van der Waals surface area contributed by atoms with E-state index in [9.17, 15) is 0 Å². The number of piperidine rings is 1. The molecule has 1 fully saturated rings. The molecule has 1 atom stereocenters. The number of thiazole rings is 2. The number of rotatable bonds is 3. The minimum Gasteiger partial charge on any atom is -0.296 e. The number of aromatic nitrogens is 2. The fourth-order valence-corrected chi connectivity index (χ4v) is 3.78. The smallest absolute Gasteiger partial charge is 0.107 e. The summed E-state index contributed by atoms with van der Waals surface area (Å²) in [4.78, 5) is 11.3. The van der Waals surface area contributed by atoms with E-state index in [-0.39, 0.29) is 0 Å². The van der Waals surface area contributed by atoms with Crippen molar-refractivity contribution >= 4 is 22.7 Å². The van der Waals surface area contributed by atoms with Crippen molar-refractivity contribution < 1.29 is 0 Å². The van der Waals surface area contributed by atoms with Crippen LogP contribution in [0.2, 0.25) is 0 Å². The van der Waals surface area contributed by atoms with Crippen molar-refractivity contribution in [2.24, 2.45) is 0 Å². The second kappa shape index (κ2) is 5.25. The Morgan fingerprint density at radius 2 is 2.12 bits per heavy atom. The van der Waals surface area contributed by atoms with E-state index >= 15 is 0 Å². The highest BCUT2D eigenvalue weighted by molar-refractivity contribution is 7.09. The van der Waals surface area contributed by atoms with Crippen LogP contribution in [0, 0.1) is 0 Å². The molecular weight excluding hydrogens is 250 g/mol. The highest BCUT2D eigenvalue weighted by atomic mass is 32.1. The van der Waals surface area contributed by atoms with E-state index in [1.165, 1.54) is 29.4 Å². The Labute approximate surface area is 109 Å². The monoisotopic (exact) mass is 265 g/mol. The third kappa shape index (κ3) is 2.73. The molecule has 0 N–H and O–H groups in total. The van der Waals surface area contributed by atoms with Crippen LogP contribution in [-0.2, 0) is 6.54 Å². The summed E-state index contributed by atoms with van der Waals surface area (Å²) in [7, 11) is 0. The van der Waals surface area contributed by atoms with Gasteiger partial charge in [0, 0.05) is 35.6 Å². The molecule has 5 heteroatoms. The number of hydrogen-bond acceptors (Lipinski definition) is 5. The van der Waals surface area contributed by atoms with E-state index in [2.05, 4.69) is 25.6 Å². The van der Waals surface area contributed by atoms with Gasteiger partial charge in [-0.3, -0.25) is 4.90 Å². The van der Waals surface area contributed by atoms with Gasteiger partial charge in [-0.1, -0.05) is 0 Å². The molecule has 0 bridgehead atoms. The molecule has 90 valence electrons. The molecule has 0 saturated carbocycles. The highest BCUT2D eigenvalue weighted by Crippen LogP contribution is 2.28. The average Bonchev–Trinajstić information content (AvgIpc) is 3.01. The second-order valence-electron chi connectivity index (χ2n) is 4.37. The van der Waals surface area contributed by atoms with Crippen molar-refractivity contribution in [2.75, 3.05) is 13.1 Å². The van der Waals surface area contributed by atoms with Crippen molar-refractivity contribution in [3.63, 3.8) is 0 Å². The van der Waals surface area contributed by atoms with Gasteiger partial charge in [-0.05, 0) is 19.4 Å². The van der Waals surface area contributed by atoms with Crippen LogP contribution in [0.3, 0.4) is 0 Å². The second-order valence-corrected chi connectivity index (χ2v) is 6.28. The first kappa shape index (κ1) is 11.3. The van der Waals surface area contributed by atoms with Gasteiger partial charge in [0.2, 0.25) is 0 Å². The molecule has 2 aromatic heterocycles. The summed E-state index contributed by atoms with van der Waals surface area (Å²) >= 11 is 3.54. The van der Waals surface area contributed by atoms with Crippen LogP contribution in [0.15, 0.2) is 23.2 Å². The Kier molecular flexibility index (Phi) is 3.49. The molecule has 0 spiro atoms. The summed E-state index contributed by atoms with van der Waals surface area (Å²) < 4.78 is 0. The maximum absolute atomic E-state index is 4.45. The normalized spacial score (nSPS) is 21.8. The summed E-state index contributed by atoms with van der Waals surface area (Å²) in [5, 5.41) is 6.66. The molecule has 2 aromatic rings. The minimum atomic E-state index is 0.628. The van der Waals surface area contributed by atoms with Crippen LogP contribution >= 0.6 is 22.7 Å². The topological polar surface area (TPSA) is 29.0 Å². The number of nitrogens with zero attached hydrogens (tertiary/aromatic N) is 3. The standard InChI is InChI=1S/C12H15N3S2/c1-2-10(12-14-4-7-17-12)8-15(5-1)9-11-13-3-6-16-11/h3-4,6-7,10H,1-2,5,8-9H2. The SMILES string of the molecule is c1csc(CN2CCCC(c3nccs3)C2)n1. The lowest BCUT2D eigenvalue weighted by atomic mass is 9.99. The Hall–Kier alpha value is -0.780. The van der Waals surface area contributed by atoms with Crippen LogP contribution in [0.25, 0.3) is 0 Å². The Morgan fingerprint density at radius 1 is 1.24 bits per heavy atom. The molecule has 0 radical (unpaired) electrons. The molecule has 1 aliphatic rings. The van der Waals surface area contributed by atoms with Gasteiger partial charge in [-0.2, -0.15) is 0 Å². The summed E-state index contributed by atoms with van der Waals surface area (Å²) in [6.07, 6.45) is 6.36. The van der Waals surface area contributed by atoms with Gasteiger partial charge in [-0.25, -0.2) is 9.97 Å². The molecule has 17 heavy (non-hydrogen) atoms. The van der Waals surface area contributed by atoms with E-state index in [4.69, 9.17) is 0 Å². The summed E-state index contributed by atoms with van der Waals surface area (Å²) in [5.41, 5.74) is 0. The van der Waals surface area contributed by atoms with Gasteiger partial charge in [0.1, 0.15) is 5.01 Å².